The summed E-state index contributed by atoms with van der Waals surface area (Å²) in [4.78, 5) is 24.1. The first-order valence-electron chi connectivity index (χ1n) is 6.24. The molecule has 0 N–H and O–H groups in total. The van der Waals surface area contributed by atoms with Gasteiger partial charge in [-0.05, 0) is 25.1 Å². The lowest BCUT2D eigenvalue weighted by Gasteiger charge is -2.12. The Morgan fingerprint density at radius 2 is 1.62 bits per heavy atom. The lowest BCUT2D eigenvalue weighted by molar-refractivity contribution is 0.0319. The van der Waals surface area contributed by atoms with E-state index < -0.39 is 12.1 Å². The molecule has 2 rings (SSSR count). The fourth-order valence-corrected chi connectivity index (χ4v) is 2.04. The van der Waals surface area contributed by atoms with Crippen molar-refractivity contribution < 1.29 is 14.3 Å². The molecule has 2 aromatic rings. The predicted octanol–water partition coefficient (Wildman–Crippen LogP) is 4.42. The van der Waals surface area contributed by atoms with Crippen LogP contribution in [0, 0.1) is 0 Å². The largest absolute Gasteiger partial charge is 0.451 e. The van der Waals surface area contributed by atoms with Gasteiger partial charge in [0.15, 0.2) is 6.10 Å². The maximum absolute atomic E-state index is 12.1. The fourth-order valence-electron chi connectivity index (χ4n) is 1.74. The van der Waals surface area contributed by atoms with E-state index >= 15 is 0 Å². The molecule has 0 aliphatic heterocycles. The number of Topliss-reactive ketones (excluding diaryl/α,β-unsaturated/α-hetero) is 1. The van der Waals surface area contributed by atoms with Gasteiger partial charge in [0, 0.05) is 5.56 Å². The van der Waals surface area contributed by atoms with Gasteiger partial charge in [0.2, 0.25) is 5.78 Å². The second-order valence-electron chi connectivity index (χ2n) is 4.41. The first-order valence-corrected chi connectivity index (χ1v) is 7.00. The minimum absolute atomic E-state index is 0.247. The molecule has 0 heterocycles. The molecule has 108 valence electrons. The third-order valence-corrected chi connectivity index (χ3v) is 3.61. The number of hydrogen-bond donors (Lipinski definition) is 0. The van der Waals surface area contributed by atoms with Crippen LogP contribution >= 0.6 is 23.2 Å². The Labute approximate surface area is 132 Å². The number of hydrogen-bond acceptors (Lipinski definition) is 3. The van der Waals surface area contributed by atoms with Gasteiger partial charge in [-0.25, -0.2) is 4.79 Å². The van der Waals surface area contributed by atoms with E-state index in [1.54, 1.807) is 24.3 Å². The van der Waals surface area contributed by atoms with Gasteiger partial charge in [-0.3, -0.25) is 4.79 Å². The lowest BCUT2D eigenvalue weighted by Crippen LogP contribution is -2.24. The Kier molecular flexibility index (Phi) is 4.99. The highest BCUT2D eigenvalue weighted by molar-refractivity contribution is 6.42. The highest BCUT2D eigenvalue weighted by Crippen LogP contribution is 2.23. The van der Waals surface area contributed by atoms with Crippen molar-refractivity contribution in [2.24, 2.45) is 0 Å². The van der Waals surface area contributed by atoms with Crippen LogP contribution in [0.5, 0.6) is 0 Å². The van der Waals surface area contributed by atoms with Gasteiger partial charge in [-0.2, -0.15) is 0 Å². The zero-order chi connectivity index (χ0) is 15.4. The molecule has 3 nitrogen and oxygen atoms in total. The summed E-state index contributed by atoms with van der Waals surface area (Å²) in [6, 6.07) is 13.1. The Hall–Kier alpha value is -1.84. The van der Waals surface area contributed by atoms with Crippen LogP contribution in [0.4, 0.5) is 0 Å². The summed E-state index contributed by atoms with van der Waals surface area (Å²) in [7, 11) is 0. The Morgan fingerprint density at radius 1 is 0.952 bits per heavy atom. The normalized spacial score (nSPS) is 11.8. The van der Waals surface area contributed by atoms with Crippen LogP contribution in [0.15, 0.2) is 48.5 Å². The molecule has 0 aliphatic carbocycles. The van der Waals surface area contributed by atoms with E-state index in [9.17, 15) is 9.59 Å². The number of esters is 1. The quantitative estimate of drug-likeness (QED) is 0.618. The topological polar surface area (TPSA) is 43.4 Å². The minimum atomic E-state index is -0.880. The SMILES string of the molecule is CC(OC(=O)c1ccc(Cl)c(Cl)c1)C(=O)c1ccccc1. The number of carbonyl (C=O) groups excluding carboxylic acids is 2. The molecule has 5 heteroatoms. The molecule has 0 aromatic heterocycles. The summed E-state index contributed by atoms with van der Waals surface area (Å²) in [6.45, 7) is 1.53. The monoisotopic (exact) mass is 322 g/mol. The molecule has 1 unspecified atom stereocenters. The zero-order valence-corrected chi connectivity index (χ0v) is 12.7. The molecule has 0 fully saturated rings. The molecule has 21 heavy (non-hydrogen) atoms. The van der Waals surface area contributed by atoms with Gasteiger partial charge in [0.1, 0.15) is 0 Å². The van der Waals surface area contributed by atoms with E-state index in [1.165, 1.54) is 25.1 Å². The van der Waals surface area contributed by atoms with Crippen molar-refractivity contribution >= 4 is 35.0 Å². The van der Waals surface area contributed by atoms with E-state index in [0.29, 0.717) is 10.6 Å². The van der Waals surface area contributed by atoms with E-state index in [-0.39, 0.29) is 16.4 Å². The van der Waals surface area contributed by atoms with Crippen molar-refractivity contribution in [3.63, 3.8) is 0 Å². The van der Waals surface area contributed by atoms with E-state index in [1.807, 2.05) is 6.07 Å². The van der Waals surface area contributed by atoms with Crippen molar-refractivity contribution in [2.45, 2.75) is 13.0 Å². The van der Waals surface area contributed by atoms with Gasteiger partial charge >= 0.3 is 5.97 Å². The molecule has 0 bridgehead atoms. The summed E-state index contributed by atoms with van der Waals surface area (Å²) in [5, 5.41) is 0.606. The summed E-state index contributed by atoms with van der Waals surface area (Å²) >= 11 is 11.6. The highest BCUT2D eigenvalue weighted by atomic mass is 35.5. The van der Waals surface area contributed by atoms with Gasteiger partial charge < -0.3 is 4.74 Å². The van der Waals surface area contributed by atoms with E-state index in [4.69, 9.17) is 27.9 Å². The van der Waals surface area contributed by atoms with Crippen LogP contribution in [0.25, 0.3) is 0 Å². The average Bonchev–Trinajstić information content (AvgIpc) is 2.50. The molecule has 0 radical (unpaired) electrons. The minimum Gasteiger partial charge on any atom is -0.451 e. The van der Waals surface area contributed by atoms with Gasteiger partial charge in [0.05, 0.1) is 15.6 Å². The van der Waals surface area contributed by atoms with Crippen molar-refractivity contribution in [3.05, 3.63) is 69.7 Å². The standard InChI is InChI=1S/C16H12Cl2O3/c1-10(15(19)11-5-3-2-4-6-11)21-16(20)12-7-8-13(17)14(18)9-12/h2-10H,1H3. The van der Waals surface area contributed by atoms with Crippen LogP contribution in [0.3, 0.4) is 0 Å². The Bertz CT molecular complexity index is 668. The Balaban J connectivity index is 2.08. The van der Waals surface area contributed by atoms with Crippen LogP contribution in [0.1, 0.15) is 27.6 Å². The maximum atomic E-state index is 12.1. The first-order chi connectivity index (χ1) is 9.99. The second-order valence-corrected chi connectivity index (χ2v) is 5.22. The number of carbonyl (C=O) groups is 2. The zero-order valence-electron chi connectivity index (χ0n) is 11.2. The summed E-state index contributed by atoms with van der Waals surface area (Å²) < 4.78 is 5.16. The third kappa shape index (κ3) is 3.84. The van der Waals surface area contributed by atoms with E-state index in [0.717, 1.165) is 0 Å². The smallest absolute Gasteiger partial charge is 0.338 e. The molecule has 2 aromatic carbocycles. The van der Waals surface area contributed by atoms with Crippen LogP contribution in [-0.4, -0.2) is 17.9 Å². The summed E-state index contributed by atoms with van der Waals surface area (Å²) in [5.74, 6) is -0.880. The Morgan fingerprint density at radius 3 is 2.24 bits per heavy atom. The number of rotatable bonds is 4. The molecule has 1 atom stereocenters. The fraction of sp³-hybridized carbons (Fsp3) is 0.125. The molecule has 0 aliphatic rings. The van der Waals surface area contributed by atoms with Crippen molar-refractivity contribution in [1.29, 1.82) is 0 Å². The third-order valence-electron chi connectivity index (χ3n) is 2.87. The number of ketones is 1. The van der Waals surface area contributed by atoms with Crippen molar-refractivity contribution in [2.75, 3.05) is 0 Å². The lowest BCUT2D eigenvalue weighted by atomic mass is 10.1. The second kappa shape index (κ2) is 6.74. The molecule has 0 spiro atoms. The van der Waals surface area contributed by atoms with Crippen molar-refractivity contribution in [3.8, 4) is 0 Å². The summed E-state index contributed by atoms with van der Waals surface area (Å²) in [6.07, 6.45) is -0.880. The molecular formula is C16H12Cl2O3. The number of ether oxygens (including phenoxy) is 1. The molecule has 0 saturated heterocycles. The van der Waals surface area contributed by atoms with Crippen LogP contribution < -0.4 is 0 Å². The van der Waals surface area contributed by atoms with Crippen LogP contribution in [0.2, 0.25) is 10.0 Å². The van der Waals surface area contributed by atoms with Crippen molar-refractivity contribution in [1.82, 2.24) is 0 Å². The van der Waals surface area contributed by atoms with Crippen LogP contribution in [-0.2, 0) is 4.74 Å². The number of benzene rings is 2. The average molecular weight is 323 g/mol. The maximum Gasteiger partial charge on any atom is 0.338 e. The molecule has 0 amide bonds. The van der Waals surface area contributed by atoms with Gasteiger partial charge in [-0.1, -0.05) is 53.5 Å². The molecule has 0 saturated carbocycles. The highest BCUT2D eigenvalue weighted by Gasteiger charge is 2.20. The van der Waals surface area contributed by atoms with E-state index in [2.05, 4.69) is 0 Å². The van der Waals surface area contributed by atoms with Gasteiger partial charge in [-0.15, -0.1) is 0 Å². The first kappa shape index (κ1) is 15.5. The molecular weight excluding hydrogens is 311 g/mol. The number of halogens is 2. The van der Waals surface area contributed by atoms with Gasteiger partial charge in [0.25, 0.3) is 0 Å². The predicted molar refractivity (Wildman–Crippen MR) is 82.1 cm³/mol. The summed E-state index contributed by atoms with van der Waals surface area (Å²) in [5.41, 5.74) is 0.740.